The van der Waals surface area contributed by atoms with Gasteiger partial charge >= 0.3 is 0 Å². The zero-order chi connectivity index (χ0) is 15.2. The van der Waals surface area contributed by atoms with Crippen LogP contribution in [-0.4, -0.2) is 57.8 Å². The number of hydrogen-bond acceptors (Lipinski definition) is 4. The molecule has 0 aliphatic heterocycles. The molecule has 1 unspecified atom stereocenters. The Labute approximate surface area is 126 Å². The molecule has 7 nitrogen and oxygen atoms in total. The quantitative estimate of drug-likeness (QED) is 0.561. The molecule has 7 heteroatoms. The van der Waals surface area contributed by atoms with E-state index >= 15 is 0 Å². The number of hydrogen-bond donors (Lipinski definition) is 2. The minimum absolute atomic E-state index is 0.496. The van der Waals surface area contributed by atoms with Crippen LogP contribution in [0.15, 0.2) is 11.3 Å². The van der Waals surface area contributed by atoms with Crippen LogP contribution in [-0.2, 0) is 13.6 Å². The zero-order valence-corrected chi connectivity index (χ0v) is 13.5. The van der Waals surface area contributed by atoms with Crippen molar-refractivity contribution in [2.45, 2.75) is 45.3 Å². The van der Waals surface area contributed by atoms with E-state index in [2.05, 4.69) is 51.5 Å². The lowest BCUT2D eigenvalue weighted by molar-refractivity contribution is 0.247. The Hall–Kier alpha value is -1.63. The highest BCUT2D eigenvalue weighted by Crippen LogP contribution is 2.26. The fraction of sp³-hybridized carbons (Fsp3) is 0.786. The van der Waals surface area contributed by atoms with Crippen LogP contribution in [0.1, 0.15) is 32.5 Å². The van der Waals surface area contributed by atoms with Crippen molar-refractivity contribution in [2.75, 3.05) is 20.1 Å². The molecule has 21 heavy (non-hydrogen) atoms. The monoisotopic (exact) mass is 293 g/mol. The van der Waals surface area contributed by atoms with Gasteiger partial charge < -0.3 is 10.6 Å². The molecule has 1 aromatic heterocycles. The van der Waals surface area contributed by atoms with Gasteiger partial charge in [-0.05, 0) is 33.7 Å². The molecule has 0 saturated heterocycles. The smallest absolute Gasteiger partial charge is 0.191 e. The van der Waals surface area contributed by atoms with Gasteiger partial charge in [-0.15, -0.1) is 0 Å². The highest BCUT2D eigenvalue weighted by Gasteiger charge is 2.28. The predicted octanol–water partition coefficient (Wildman–Crippen LogP) is 0.353. The molecule has 2 N–H and O–H groups in total. The van der Waals surface area contributed by atoms with Crippen molar-refractivity contribution in [1.82, 2.24) is 30.3 Å². The van der Waals surface area contributed by atoms with Gasteiger partial charge in [0.1, 0.15) is 18.7 Å². The van der Waals surface area contributed by atoms with Crippen molar-refractivity contribution < 1.29 is 0 Å². The van der Waals surface area contributed by atoms with E-state index < -0.39 is 0 Å². The molecule has 1 saturated carbocycles. The number of aliphatic imine (C=N–C) groups is 1. The minimum Gasteiger partial charge on any atom is -0.357 e. The third kappa shape index (κ3) is 4.70. The van der Waals surface area contributed by atoms with E-state index in [-0.39, 0.29) is 0 Å². The summed E-state index contributed by atoms with van der Waals surface area (Å²) < 4.78 is 1.75. The van der Waals surface area contributed by atoms with Gasteiger partial charge in [0, 0.05) is 32.2 Å². The SMILES string of the molecule is CCNC(=NCc1ncnn1C)NCC(C)N(C)C1CC1. The van der Waals surface area contributed by atoms with E-state index in [0.29, 0.717) is 12.6 Å². The van der Waals surface area contributed by atoms with Crippen molar-refractivity contribution in [3.63, 3.8) is 0 Å². The number of aromatic nitrogens is 3. The Morgan fingerprint density at radius 1 is 1.52 bits per heavy atom. The van der Waals surface area contributed by atoms with Crippen molar-refractivity contribution in [3.8, 4) is 0 Å². The molecule has 0 radical (unpaired) electrons. The highest BCUT2D eigenvalue weighted by molar-refractivity contribution is 5.79. The summed E-state index contributed by atoms with van der Waals surface area (Å²) in [7, 11) is 4.08. The lowest BCUT2D eigenvalue weighted by Gasteiger charge is -2.25. The first-order valence-electron chi connectivity index (χ1n) is 7.68. The van der Waals surface area contributed by atoms with Crippen molar-refractivity contribution in [2.24, 2.45) is 12.0 Å². The van der Waals surface area contributed by atoms with E-state index in [1.54, 1.807) is 11.0 Å². The summed E-state index contributed by atoms with van der Waals surface area (Å²) in [5, 5.41) is 10.7. The highest BCUT2D eigenvalue weighted by atomic mass is 15.3. The number of guanidine groups is 1. The molecule has 0 aromatic carbocycles. The standard InChI is InChI=1S/C14H27N7/c1-5-15-14(17-9-13-18-10-19-21(13)4)16-8-11(2)20(3)12-6-7-12/h10-12H,5-9H2,1-4H3,(H2,15,16,17). The molecule has 1 fully saturated rings. The molecule has 0 spiro atoms. The van der Waals surface area contributed by atoms with E-state index in [0.717, 1.165) is 30.9 Å². The number of aryl methyl sites for hydroxylation is 1. The number of nitrogens with zero attached hydrogens (tertiary/aromatic N) is 5. The van der Waals surface area contributed by atoms with Crippen molar-refractivity contribution in [3.05, 3.63) is 12.2 Å². The van der Waals surface area contributed by atoms with Gasteiger partial charge in [-0.3, -0.25) is 9.58 Å². The number of likely N-dealkylation sites (N-methyl/N-ethyl adjacent to an activating group) is 1. The van der Waals surface area contributed by atoms with Crippen LogP contribution >= 0.6 is 0 Å². The first-order valence-corrected chi connectivity index (χ1v) is 7.68. The molecular weight excluding hydrogens is 266 g/mol. The maximum Gasteiger partial charge on any atom is 0.191 e. The Kier molecular flexibility index (Phi) is 5.55. The Balaban J connectivity index is 1.84. The Bertz CT molecular complexity index is 464. The molecule has 1 aromatic rings. The maximum atomic E-state index is 4.56. The zero-order valence-electron chi connectivity index (χ0n) is 13.5. The molecule has 118 valence electrons. The van der Waals surface area contributed by atoms with Gasteiger partial charge in [0.05, 0.1) is 0 Å². The Morgan fingerprint density at radius 2 is 2.29 bits per heavy atom. The summed E-state index contributed by atoms with van der Waals surface area (Å²) in [6.45, 7) is 6.57. The third-order valence-electron chi connectivity index (χ3n) is 3.91. The van der Waals surface area contributed by atoms with Crippen LogP contribution in [0.4, 0.5) is 0 Å². The average molecular weight is 293 g/mol. The largest absolute Gasteiger partial charge is 0.357 e. The first-order chi connectivity index (χ1) is 10.1. The molecule has 0 amide bonds. The van der Waals surface area contributed by atoms with Gasteiger partial charge in [0.25, 0.3) is 0 Å². The second-order valence-electron chi connectivity index (χ2n) is 5.62. The second-order valence-corrected chi connectivity index (χ2v) is 5.62. The van der Waals surface area contributed by atoms with Crippen LogP contribution in [0.25, 0.3) is 0 Å². The summed E-state index contributed by atoms with van der Waals surface area (Å²) in [6, 6.07) is 1.27. The summed E-state index contributed by atoms with van der Waals surface area (Å²) in [4.78, 5) is 11.2. The summed E-state index contributed by atoms with van der Waals surface area (Å²) in [5.41, 5.74) is 0. The number of nitrogens with one attached hydrogen (secondary N) is 2. The lowest BCUT2D eigenvalue weighted by atomic mass is 10.3. The molecule has 0 bridgehead atoms. The van der Waals surface area contributed by atoms with Crippen LogP contribution in [0, 0.1) is 0 Å². The van der Waals surface area contributed by atoms with E-state index in [4.69, 9.17) is 0 Å². The van der Waals surface area contributed by atoms with E-state index in [1.165, 1.54) is 12.8 Å². The molecule has 1 atom stereocenters. The predicted molar refractivity (Wildman–Crippen MR) is 84.1 cm³/mol. The third-order valence-corrected chi connectivity index (χ3v) is 3.91. The second kappa shape index (κ2) is 7.40. The van der Waals surface area contributed by atoms with Crippen LogP contribution in [0.3, 0.4) is 0 Å². The van der Waals surface area contributed by atoms with Crippen molar-refractivity contribution in [1.29, 1.82) is 0 Å². The van der Waals surface area contributed by atoms with E-state index in [9.17, 15) is 0 Å². The van der Waals surface area contributed by atoms with Gasteiger partial charge in [-0.2, -0.15) is 5.10 Å². The Morgan fingerprint density at radius 3 is 2.86 bits per heavy atom. The molecular formula is C14H27N7. The summed E-state index contributed by atoms with van der Waals surface area (Å²) in [6.07, 6.45) is 4.22. The van der Waals surface area contributed by atoms with Crippen LogP contribution < -0.4 is 10.6 Å². The van der Waals surface area contributed by atoms with Crippen molar-refractivity contribution >= 4 is 5.96 Å². The molecule has 2 rings (SSSR count). The van der Waals surface area contributed by atoms with Gasteiger partial charge in [-0.25, -0.2) is 9.98 Å². The first kappa shape index (κ1) is 15.8. The van der Waals surface area contributed by atoms with Gasteiger partial charge in [0.15, 0.2) is 5.96 Å². The normalized spacial score (nSPS) is 17.1. The minimum atomic E-state index is 0.496. The summed E-state index contributed by atoms with van der Waals surface area (Å²) in [5.74, 6) is 1.69. The number of rotatable bonds is 7. The fourth-order valence-electron chi connectivity index (χ4n) is 2.18. The lowest BCUT2D eigenvalue weighted by Crippen LogP contribution is -2.45. The molecule has 1 aliphatic carbocycles. The van der Waals surface area contributed by atoms with Crippen LogP contribution in [0.5, 0.6) is 0 Å². The topological polar surface area (TPSA) is 70.4 Å². The van der Waals surface area contributed by atoms with E-state index in [1.807, 2.05) is 7.05 Å². The molecule has 1 aliphatic rings. The summed E-state index contributed by atoms with van der Waals surface area (Å²) >= 11 is 0. The van der Waals surface area contributed by atoms with Gasteiger partial charge in [-0.1, -0.05) is 0 Å². The fourth-order valence-corrected chi connectivity index (χ4v) is 2.18. The van der Waals surface area contributed by atoms with Gasteiger partial charge in [0.2, 0.25) is 0 Å². The molecule has 1 heterocycles. The average Bonchev–Trinajstić information content (AvgIpc) is 3.24. The van der Waals surface area contributed by atoms with Crippen LogP contribution in [0.2, 0.25) is 0 Å². The maximum absolute atomic E-state index is 4.56.